The van der Waals surface area contributed by atoms with E-state index in [1.54, 1.807) is 0 Å². The van der Waals surface area contributed by atoms with E-state index >= 15 is 0 Å². The molecule has 0 amide bonds. The predicted octanol–water partition coefficient (Wildman–Crippen LogP) is 5.94. The number of carbonyl (C=O) groups excluding carboxylic acids is 2. The largest absolute Gasteiger partial charge is 0.469 e. The zero-order valence-electron chi connectivity index (χ0n) is 24.2. The summed E-state index contributed by atoms with van der Waals surface area (Å²) in [5, 5.41) is 0. The zero-order chi connectivity index (χ0) is 27.1. The summed E-state index contributed by atoms with van der Waals surface area (Å²) in [5.74, 6) is -0.903. The van der Waals surface area contributed by atoms with Crippen molar-refractivity contribution >= 4 is 28.6 Å². The predicted molar refractivity (Wildman–Crippen MR) is 145 cm³/mol. The van der Waals surface area contributed by atoms with E-state index in [0.29, 0.717) is 12.8 Å². The van der Waals surface area contributed by atoms with E-state index in [1.807, 2.05) is 6.92 Å². The topological polar surface area (TPSA) is 71.1 Å². The minimum absolute atomic E-state index is 0.190. The number of rotatable bonds is 6. The molecule has 4 aliphatic carbocycles. The number of carbonyl (C=O) groups is 2. The number of ether oxygens (including phenoxy) is 2. The third kappa shape index (κ3) is 3.83. The van der Waals surface area contributed by atoms with Crippen LogP contribution in [0.25, 0.3) is 0 Å². The maximum Gasteiger partial charge on any atom is 0.311 e. The summed E-state index contributed by atoms with van der Waals surface area (Å²) in [4.78, 5) is 27.4. The first kappa shape index (κ1) is 28.1. The number of methoxy groups -OCH3 is 2. The van der Waals surface area contributed by atoms with Crippen molar-refractivity contribution in [1.29, 1.82) is 0 Å². The number of fused-ring (bicyclic) bond motifs is 3. The molecule has 0 aromatic rings. The monoisotopic (exact) mass is 536 g/mol. The summed E-state index contributed by atoms with van der Waals surface area (Å²) in [6.07, 6.45) is 4.89. The molecule has 0 saturated heterocycles. The van der Waals surface area contributed by atoms with E-state index < -0.39 is 39.0 Å². The molecule has 2 bridgehead atoms. The van der Waals surface area contributed by atoms with E-state index in [1.165, 1.54) is 14.2 Å². The number of hydrogen-bond acceptors (Lipinski definition) is 6. The van der Waals surface area contributed by atoms with Crippen LogP contribution in [0.5, 0.6) is 0 Å². The maximum absolute atomic E-state index is 14.0. The lowest BCUT2D eigenvalue weighted by Gasteiger charge is -2.51. The van der Waals surface area contributed by atoms with Crippen molar-refractivity contribution in [2.75, 3.05) is 14.2 Å². The second-order valence-corrected chi connectivity index (χ2v) is 23.4. The molecule has 0 aliphatic heterocycles. The molecule has 1 spiro atoms. The molecule has 0 N–H and O–H groups in total. The van der Waals surface area contributed by atoms with E-state index in [9.17, 15) is 9.59 Å². The lowest BCUT2D eigenvalue weighted by atomic mass is 9.53. The lowest BCUT2D eigenvalue weighted by Crippen LogP contribution is -2.52. The first-order valence-electron chi connectivity index (χ1n) is 13.7. The summed E-state index contributed by atoms with van der Waals surface area (Å²) >= 11 is 0. The van der Waals surface area contributed by atoms with Gasteiger partial charge in [0.1, 0.15) is 0 Å². The highest BCUT2D eigenvalue weighted by Gasteiger charge is 2.80. The Morgan fingerprint density at radius 2 is 1.58 bits per heavy atom. The van der Waals surface area contributed by atoms with Crippen LogP contribution in [-0.2, 0) is 27.9 Å². The minimum Gasteiger partial charge on any atom is -0.469 e. The highest BCUT2D eigenvalue weighted by molar-refractivity contribution is 6.70. The average molecular weight is 537 g/mol. The molecule has 6 nitrogen and oxygen atoms in total. The molecule has 4 saturated carbocycles. The van der Waals surface area contributed by atoms with Gasteiger partial charge in [0.05, 0.1) is 37.3 Å². The second kappa shape index (κ2) is 8.52. The van der Waals surface area contributed by atoms with Gasteiger partial charge in [-0.25, -0.2) is 0 Å². The third-order valence-corrected chi connectivity index (χ3v) is 12.0. The average Bonchev–Trinajstić information content (AvgIpc) is 3.08. The molecule has 4 aliphatic rings. The molecular formula is C28H48O6Si2. The van der Waals surface area contributed by atoms with Crippen LogP contribution in [-0.4, -0.2) is 54.5 Å². The van der Waals surface area contributed by atoms with E-state index in [2.05, 4.69) is 52.8 Å². The van der Waals surface area contributed by atoms with Gasteiger partial charge in [0.2, 0.25) is 0 Å². The van der Waals surface area contributed by atoms with Gasteiger partial charge in [-0.05, 0) is 101 Å². The minimum atomic E-state index is -2.04. The number of esters is 2. The summed E-state index contributed by atoms with van der Waals surface area (Å²) in [7, 11) is -1.04. The first-order valence-corrected chi connectivity index (χ1v) is 20.5. The van der Waals surface area contributed by atoms with Crippen LogP contribution >= 0.6 is 0 Å². The van der Waals surface area contributed by atoms with E-state index in [-0.39, 0.29) is 35.3 Å². The molecule has 0 heterocycles. The molecule has 4 fully saturated rings. The van der Waals surface area contributed by atoms with Crippen LogP contribution in [0.3, 0.4) is 0 Å². The maximum atomic E-state index is 14.0. The van der Waals surface area contributed by atoms with Gasteiger partial charge < -0.3 is 18.3 Å². The highest BCUT2D eigenvalue weighted by Crippen LogP contribution is 2.79. The van der Waals surface area contributed by atoms with E-state index in [0.717, 1.165) is 31.3 Å². The first-order chi connectivity index (χ1) is 16.4. The van der Waals surface area contributed by atoms with Crippen LogP contribution in [0.15, 0.2) is 12.2 Å². The second-order valence-electron chi connectivity index (χ2n) is 14.5. The Balaban J connectivity index is 2.00. The molecular weight excluding hydrogens is 488 g/mol. The van der Waals surface area contributed by atoms with E-state index in [4.69, 9.17) is 18.3 Å². The fourth-order valence-corrected chi connectivity index (χ4v) is 12.0. The van der Waals surface area contributed by atoms with Gasteiger partial charge in [-0.2, -0.15) is 0 Å². The van der Waals surface area contributed by atoms with Gasteiger partial charge in [0, 0.05) is 5.41 Å². The Labute approximate surface area is 220 Å². The summed E-state index contributed by atoms with van der Waals surface area (Å²) < 4.78 is 25.0. The van der Waals surface area contributed by atoms with Crippen molar-refractivity contribution in [2.24, 2.45) is 34.0 Å². The SMILES string of the molecule is C=C1[C@@H](O[Si](C)(C)C)[C@]23C[C@@]1(O[Si](C)(C)C)CC[C@H]2[C@]1(C)CCC[C@@](C)(C(=O)OC)[C@H]1[C@@H]3C(=O)OC. The third-order valence-electron chi connectivity index (χ3n) is 10.1. The molecule has 4 rings (SSSR count). The fourth-order valence-electron chi connectivity index (χ4n) is 9.44. The van der Waals surface area contributed by atoms with Crippen molar-refractivity contribution in [3.63, 3.8) is 0 Å². The Kier molecular flexibility index (Phi) is 6.64. The Bertz CT molecular complexity index is 953. The van der Waals surface area contributed by atoms with Crippen molar-refractivity contribution in [3.8, 4) is 0 Å². The highest BCUT2D eigenvalue weighted by atomic mass is 28.4. The van der Waals surface area contributed by atoms with Gasteiger partial charge in [0.15, 0.2) is 16.6 Å². The molecule has 0 unspecified atom stereocenters. The van der Waals surface area contributed by atoms with Crippen LogP contribution in [0, 0.1) is 34.0 Å². The van der Waals surface area contributed by atoms with Crippen molar-refractivity contribution in [3.05, 3.63) is 12.2 Å². The summed E-state index contributed by atoms with van der Waals surface area (Å²) in [6, 6.07) is 0. The van der Waals surface area contributed by atoms with Gasteiger partial charge in [-0.15, -0.1) is 0 Å². The van der Waals surface area contributed by atoms with Crippen molar-refractivity contribution in [1.82, 2.24) is 0 Å². The quantitative estimate of drug-likeness (QED) is 0.238. The van der Waals surface area contributed by atoms with Crippen LogP contribution in [0.4, 0.5) is 0 Å². The molecule has 8 atom stereocenters. The molecule has 36 heavy (non-hydrogen) atoms. The van der Waals surface area contributed by atoms with Crippen LogP contribution in [0.1, 0.15) is 52.4 Å². The fraction of sp³-hybridized carbons (Fsp3) is 0.857. The van der Waals surface area contributed by atoms with Crippen LogP contribution in [0.2, 0.25) is 39.3 Å². The molecule has 8 heteroatoms. The smallest absolute Gasteiger partial charge is 0.311 e. The normalized spacial score (nSPS) is 44.1. The summed E-state index contributed by atoms with van der Waals surface area (Å²) in [6.45, 7) is 22.3. The van der Waals surface area contributed by atoms with Crippen molar-refractivity contribution in [2.45, 2.75) is 103 Å². The van der Waals surface area contributed by atoms with Gasteiger partial charge in [-0.3, -0.25) is 9.59 Å². The lowest BCUT2D eigenvalue weighted by molar-refractivity contribution is -0.171. The Morgan fingerprint density at radius 3 is 2.11 bits per heavy atom. The Hall–Kier alpha value is -0.966. The summed E-state index contributed by atoms with van der Waals surface area (Å²) in [5.41, 5.74) is -0.977. The molecule has 0 aromatic heterocycles. The Morgan fingerprint density at radius 1 is 0.944 bits per heavy atom. The van der Waals surface area contributed by atoms with Crippen LogP contribution < -0.4 is 0 Å². The number of hydrogen-bond donors (Lipinski definition) is 0. The molecule has 0 aromatic carbocycles. The zero-order valence-corrected chi connectivity index (χ0v) is 26.2. The standard InChI is InChI=1S/C28H48O6Si2/c1-18-22(33-35(6,7)8)28-17-27(18,34-36(9,10)11)16-13-19(28)25(2)14-12-15-26(3,24(30)32-5)21(25)20(28)23(29)31-4/h19-22H,1,12-17H2,2-11H3/t19-,20+,21-,22+,25-,26+,27-,28+/m0/s1. The van der Waals surface area contributed by atoms with Crippen molar-refractivity contribution < 1.29 is 27.9 Å². The molecule has 204 valence electrons. The van der Waals surface area contributed by atoms with Gasteiger partial charge in [-0.1, -0.05) is 19.9 Å². The molecule has 0 radical (unpaired) electrons. The van der Waals surface area contributed by atoms with Gasteiger partial charge in [0.25, 0.3) is 0 Å². The van der Waals surface area contributed by atoms with Gasteiger partial charge >= 0.3 is 11.9 Å².